The van der Waals surface area contributed by atoms with Crippen LogP contribution >= 0.6 is 11.8 Å². The Morgan fingerprint density at radius 1 is 1.29 bits per heavy atom. The summed E-state index contributed by atoms with van der Waals surface area (Å²) in [4.78, 5) is 15.7. The van der Waals surface area contributed by atoms with Gasteiger partial charge in [0, 0.05) is 5.75 Å². The quantitative estimate of drug-likeness (QED) is 0.640. The van der Waals surface area contributed by atoms with E-state index < -0.39 is 5.97 Å². The fraction of sp³-hybridized carbons (Fsp3) is 0.188. The SMILES string of the molecule is COC(=O)c1ccc(C#N)c(SCc2ccc(C)cc2)n1. The van der Waals surface area contributed by atoms with Gasteiger partial charge in [-0.2, -0.15) is 5.26 Å². The van der Waals surface area contributed by atoms with E-state index in [0.717, 1.165) is 5.56 Å². The highest BCUT2D eigenvalue weighted by molar-refractivity contribution is 7.98. The molecular formula is C16H14N2O2S. The summed E-state index contributed by atoms with van der Waals surface area (Å²) in [5.41, 5.74) is 3.01. The molecule has 1 heterocycles. The average Bonchev–Trinajstić information content (AvgIpc) is 2.53. The molecule has 0 spiro atoms. The summed E-state index contributed by atoms with van der Waals surface area (Å²) in [6.45, 7) is 2.03. The Labute approximate surface area is 127 Å². The molecule has 0 saturated carbocycles. The molecule has 0 saturated heterocycles. The monoisotopic (exact) mass is 298 g/mol. The first kappa shape index (κ1) is 15.1. The Kier molecular flexibility index (Phi) is 4.96. The summed E-state index contributed by atoms with van der Waals surface area (Å²) in [6.07, 6.45) is 0. The molecule has 0 bridgehead atoms. The summed E-state index contributed by atoms with van der Waals surface area (Å²) in [7, 11) is 1.31. The van der Waals surface area contributed by atoms with Crippen LogP contribution in [0, 0.1) is 18.3 Å². The third kappa shape index (κ3) is 3.83. The molecule has 1 aromatic carbocycles. The number of aryl methyl sites for hydroxylation is 1. The van der Waals surface area contributed by atoms with Gasteiger partial charge in [-0.1, -0.05) is 29.8 Å². The summed E-state index contributed by atoms with van der Waals surface area (Å²) in [6, 6.07) is 13.3. The third-order valence-electron chi connectivity index (χ3n) is 2.87. The number of carbonyl (C=O) groups excluding carboxylic acids is 1. The number of carbonyl (C=O) groups is 1. The molecule has 5 heteroatoms. The van der Waals surface area contributed by atoms with Crippen LogP contribution in [0.1, 0.15) is 27.2 Å². The molecule has 2 rings (SSSR count). The van der Waals surface area contributed by atoms with Crippen molar-refractivity contribution >= 4 is 17.7 Å². The molecule has 0 radical (unpaired) electrons. The fourth-order valence-electron chi connectivity index (χ4n) is 1.69. The van der Waals surface area contributed by atoms with Gasteiger partial charge < -0.3 is 4.74 Å². The lowest BCUT2D eigenvalue weighted by atomic mass is 10.2. The Morgan fingerprint density at radius 3 is 2.62 bits per heavy atom. The van der Waals surface area contributed by atoms with E-state index in [-0.39, 0.29) is 5.69 Å². The minimum atomic E-state index is -0.503. The highest BCUT2D eigenvalue weighted by Crippen LogP contribution is 2.25. The van der Waals surface area contributed by atoms with E-state index in [1.54, 1.807) is 6.07 Å². The Hall–Kier alpha value is -2.32. The second kappa shape index (κ2) is 6.91. The molecule has 0 atom stereocenters. The molecule has 0 aliphatic heterocycles. The molecule has 0 aliphatic rings. The molecule has 0 unspecified atom stereocenters. The zero-order chi connectivity index (χ0) is 15.2. The van der Waals surface area contributed by atoms with Crippen molar-refractivity contribution in [1.29, 1.82) is 5.26 Å². The number of aromatic nitrogens is 1. The van der Waals surface area contributed by atoms with Crippen LogP contribution < -0.4 is 0 Å². The normalized spacial score (nSPS) is 9.95. The van der Waals surface area contributed by atoms with E-state index in [4.69, 9.17) is 5.26 Å². The predicted molar refractivity (Wildman–Crippen MR) is 81.0 cm³/mol. The first-order valence-electron chi connectivity index (χ1n) is 6.32. The van der Waals surface area contributed by atoms with Gasteiger partial charge in [-0.25, -0.2) is 9.78 Å². The van der Waals surface area contributed by atoms with Crippen LogP contribution in [0.3, 0.4) is 0 Å². The van der Waals surface area contributed by atoms with Gasteiger partial charge in [-0.15, -0.1) is 11.8 Å². The van der Waals surface area contributed by atoms with Gasteiger partial charge in [0.25, 0.3) is 0 Å². The summed E-state index contributed by atoms with van der Waals surface area (Å²) in [5, 5.41) is 9.66. The first-order chi connectivity index (χ1) is 10.1. The van der Waals surface area contributed by atoms with Gasteiger partial charge in [0.2, 0.25) is 0 Å². The van der Waals surface area contributed by atoms with Crippen LogP contribution in [0.5, 0.6) is 0 Å². The van der Waals surface area contributed by atoms with E-state index in [2.05, 4.69) is 15.8 Å². The van der Waals surface area contributed by atoms with Crippen molar-refractivity contribution in [1.82, 2.24) is 4.98 Å². The maximum atomic E-state index is 11.5. The van der Waals surface area contributed by atoms with Crippen LogP contribution in [-0.4, -0.2) is 18.1 Å². The van der Waals surface area contributed by atoms with Crippen molar-refractivity contribution in [3.63, 3.8) is 0 Å². The lowest BCUT2D eigenvalue weighted by Gasteiger charge is -2.06. The van der Waals surface area contributed by atoms with Crippen molar-refractivity contribution in [2.24, 2.45) is 0 Å². The molecule has 0 amide bonds. The van der Waals surface area contributed by atoms with E-state index >= 15 is 0 Å². The lowest BCUT2D eigenvalue weighted by Crippen LogP contribution is -2.05. The van der Waals surface area contributed by atoms with Crippen LogP contribution in [0.2, 0.25) is 0 Å². The third-order valence-corrected chi connectivity index (χ3v) is 3.93. The molecule has 21 heavy (non-hydrogen) atoms. The number of rotatable bonds is 4. The zero-order valence-electron chi connectivity index (χ0n) is 11.8. The zero-order valence-corrected chi connectivity index (χ0v) is 12.6. The fourth-order valence-corrected chi connectivity index (χ4v) is 2.62. The average molecular weight is 298 g/mol. The number of benzene rings is 1. The Balaban J connectivity index is 2.19. The van der Waals surface area contributed by atoms with Crippen LogP contribution in [0.4, 0.5) is 0 Å². The number of thioether (sulfide) groups is 1. The topological polar surface area (TPSA) is 63.0 Å². The minimum Gasteiger partial charge on any atom is -0.464 e. The lowest BCUT2D eigenvalue weighted by molar-refractivity contribution is 0.0593. The number of nitriles is 1. The molecule has 0 fully saturated rings. The van der Waals surface area contributed by atoms with Crippen molar-refractivity contribution in [2.75, 3.05) is 7.11 Å². The number of hydrogen-bond donors (Lipinski definition) is 0. The number of methoxy groups -OCH3 is 1. The standard InChI is InChI=1S/C16H14N2O2S/c1-11-3-5-12(6-4-11)10-21-15-13(9-17)7-8-14(18-15)16(19)20-2/h3-8H,10H2,1-2H3. The number of hydrogen-bond acceptors (Lipinski definition) is 5. The van der Waals surface area contributed by atoms with Gasteiger partial charge >= 0.3 is 5.97 Å². The van der Waals surface area contributed by atoms with E-state index in [0.29, 0.717) is 16.3 Å². The van der Waals surface area contributed by atoms with Crippen molar-refractivity contribution in [3.8, 4) is 6.07 Å². The maximum absolute atomic E-state index is 11.5. The van der Waals surface area contributed by atoms with Crippen molar-refractivity contribution in [3.05, 3.63) is 58.8 Å². The number of pyridine rings is 1. The second-order valence-corrected chi connectivity index (χ2v) is 5.39. The van der Waals surface area contributed by atoms with E-state index in [9.17, 15) is 4.79 Å². The Morgan fingerprint density at radius 2 is 2.00 bits per heavy atom. The highest BCUT2D eigenvalue weighted by atomic mass is 32.2. The number of esters is 1. The van der Waals surface area contributed by atoms with Gasteiger partial charge in [0.1, 0.15) is 16.8 Å². The molecular weight excluding hydrogens is 284 g/mol. The molecule has 4 nitrogen and oxygen atoms in total. The van der Waals surface area contributed by atoms with Gasteiger partial charge in [0.15, 0.2) is 0 Å². The molecule has 0 N–H and O–H groups in total. The van der Waals surface area contributed by atoms with Crippen LogP contribution in [-0.2, 0) is 10.5 Å². The maximum Gasteiger partial charge on any atom is 0.356 e. The van der Waals surface area contributed by atoms with Gasteiger partial charge in [-0.3, -0.25) is 0 Å². The molecule has 106 valence electrons. The van der Waals surface area contributed by atoms with E-state index in [1.807, 2.05) is 31.2 Å². The van der Waals surface area contributed by atoms with Crippen molar-refractivity contribution < 1.29 is 9.53 Å². The van der Waals surface area contributed by atoms with Crippen LogP contribution in [0.25, 0.3) is 0 Å². The van der Waals surface area contributed by atoms with Crippen molar-refractivity contribution in [2.45, 2.75) is 17.7 Å². The summed E-state index contributed by atoms with van der Waals surface area (Å²) < 4.78 is 4.65. The smallest absolute Gasteiger partial charge is 0.356 e. The molecule has 0 aliphatic carbocycles. The number of nitrogens with zero attached hydrogens (tertiary/aromatic N) is 2. The molecule has 1 aromatic heterocycles. The minimum absolute atomic E-state index is 0.211. The number of ether oxygens (including phenoxy) is 1. The molecule has 2 aromatic rings. The largest absolute Gasteiger partial charge is 0.464 e. The predicted octanol–water partition coefficient (Wildman–Crippen LogP) is 3.34. The highest BCUT2D eigenvalue weighted by Gasteiger charge is 2.12. The van der Waals surface area contributed by atoms with Gasteiger partial charge in [0.05, 0.1) is 12.7 Å². The van der Waals surface area contributed by atoms with Gasteiger partial charge in [-0.05, 0) is 24.6 Å². The van der Waals surface area contributed by atoms with E-state index in [1.165, 1.54) is 30.5 Å². The summed E-state index contributed by atoms with van der Waals surface area (Å²) >= 11 is 1.43. The second-order valence-electron chi connectivity index (χ2n) is 4.43. The first-order valence-corrected chi connectivity index (χ1v) is 7.30. The summed E-state index contributed by atoms with van der Waals surface area (Å²) in [5.74, 6) is 0.184. The Bertz CT molecular complexity index is 690. The van der Waals surface area contributed by atoms with Crippen LogP contribution in [0.15, 0.2) is 41.4 Å².